The highest BCUT2D eigenvalue weighted by Crippen LogP contribution is 2.38. The van der Waals surface area contributed by atoms with E-state index >= 15 is 0 Å². The summed E-state index contributed by atoms with van der Waals surface area (Å²) in [5.41, 5.74) is 4.51. The van der Waals surface area contributed by atoms with Crippen LogP contribution < -0.4 is 10.1 Å². The van der Waals surface area contributed by atoms with Gasteiger partial charge in [-0.25, -0.2) is 0 Å². The Morgan fingerprint density at radius 2 is 1.69 bits per heavy atom. The summed E-state index contributed by atoms with van der Waals surface area (Å²) < 4.78 is 6.19. The number of rotatable bonds is 6. The number of carbonyl (C=O) groups excluding carboxylic acids is 1. The molecule has 0 aliphatic carbocycles. The summed E-state index contributed by atoms with van der Waals surface area (Å²) in [6, 6.07) is 27.1. The van der Waals surface area contributed by atoms with E-state index in [9.17, 15) is 4.79 Å². The number of amides is 1. The van der Waals surface area contributed by atoms with Crippen molar-refractivity contribution in [2.75, 3.05) is 19.6 Å². The van der Waals surface area contributed by atoms with Crippen molar-refractivity contribution in [2.24, 2.45) is 5.92 Å². The highest BCUT2D eigenvalue weighted by molar-refractivity contribution is 5.96. The lowest BCUT2D eigenvalue weighted by Gasteiger charge is -2.19. The Balaban J connectivity index is 1.31. The Morgan fingerprint density at radius 3 is 2.44 bits per heavy atom. The maximum absolute atomic E-state index is 12.9. The second kappa shape index (κ2) is 9.17. The van der Waals surface area contributed by atoms with Crippen LogP contribution in [0.3, 0.4) is 0 Å². The molecule has 1 saturated heterocycles. The molecule has 0 bridgehead atoms. The zero-order chi connectivity index (χ0) is 21.9. The van der Waals surface area contributed by atoms with Gasteiger partial charge >= 0.3 is 0 Å². The van der Waals surface area contributed by atoms with E-state index in [1.54, 1.807) is 0 Å². The highest BCUT2D eigenvalue weighted by Gasteiger charge is 2.38. The van der Waals surface area contributed by atoms with Gasteiger partial charge in [0.1, 0.15) is 5.75 Å². The minimum Gasteiger partial charge on any atom is -0.490 e. The fourth-order valence-electron chi connectivity index (χ4n) is 5.16. The first-order valence-electron chi connectivity index (χ1n) is 11.5. The molecular formula is C28H30N2O2. The smallest absolute Gasteiger partial charge is 0.251 e. The number of nitrogens with zero attached hydrogens (tertiary/aromatic N) is 1. The van der Waals surface area contributed by atoms with Gasteiger partial charge in [0.15, 0.2) is 0 Å². The van der Waals surface area contributed by atoms with E-state index in [2.05, 4.69) is 65.7 Å². The molecule has 0 aromatic heterocycles. The maximum atomic E-state index is 12.9. The van der Waals surface area contributed by atoms with Gasteiger partial charge in [-0.3, -0.25) is 9.69 Å². The summed E-state index contributed by atoms with van der Waals surface area (Å²) >= 11 is 0. The van der Waals surface area contributed by atoms with Gasteiger partial charge in [-0.1, -0.05) is 66.7 Å². The molecule has 2 aliphatic rings. The molecule has 3 aromatic rings. The van der Waals surface area contributed by atoms with Crippen LogP contribution >= 0.6 is 0 Å². The lowest BCUT2D eigenvalue weighted by Crippen LogP contribution is -2.29. The van der Waals surface area contributed by atoms with E-state index in [0.717, 1.165) is 49.5 Å². The first-order chi connectivity index (χ1) is 15.7. The average molecular weight is 427 g/mol. The number of benzene rings is 3. The van der Waals surface area contributed by atoms with Gasteiger partial charge in [-0.15, -0.1) is 0 Å². The number of hydrogen-bond donors (Lipinski definition) is 1. The van der Waals surface area contributed by atoms with Crippen LogP contribution in [0.2, 0.25) is 0 Å². The standard InChI is InChI=1S/C28H30N2O2/c1-20(14-21-8-4-2-5-9-21)32-24-12-13-25-26(15-24)28(31)29-16-23-18-30(19-27(23)25)17-22-10-6-3-7-11-22/h2-13,15,20,23,27H,14,16-19H2,1H3,(H,29,31)/t20?,23-,27-/m1/s1. The minimum atomic E-state index is 0.0187. The molecule has 5 rings (SSSR count). The van der Waals surface area contributed by atoms with Crippen molar-refractivity contribution >= 4 is 5.91 Å². The van der Waals surface area contributed by atoms with Crippen LogP contribution in [0, 0.1) is 5.92 Å². The Morgan fingerprint density at radius 1 is 0.969 bits per heavy atom. The molecule has 4 nitrogen and oxygen atoms in total. The van der Waals surface area contributed by atoms with Crippen LogP contribution in [0.1, 0.15) is 39.9 Å². The topological polar surface area (TPSA) is 41.6 Å². The van der Waals surface area contributed by atoms with Gasteiger partial charge < -0.3 is 10.1 Å². The molecule has 1 unspecified atom stereocenters. The molecule has 3 atom stereocenters. The first-order valence-corrected chi connectivity index (χ1v) is 11.5. The van der Waals surface area contributed by atoms with Gasteiger partial charge in [0.25, 0.3) is 5.91 Å². The molecule has 1 fully saturated rings. The fraction of sp³-hybridized carbons (Fsp3) is 0.321. The molecule has 0 radical (unpaired) electrons. The number of hydrogen-bond acceptors (Lipinski definition) is 3. The van der Waals surface area contributed by atoms with Gasteiger partial charge in [0, 0.05) is 44.1 Å². The van der Waals surface area contributed by atoms with Crippen molar-refractivity contribution in [1.82, 2.24) is 10.2 Å². The molecule has 2 heterocycles. The van der Waals surface area contributed by atoms with E-state index in [0.29, 0.717) is 11.8 Å². The number of carbonyl (C=O) groups is 1. The van der Waals surface area contributed by atoms with E-state index in [-0.39, 0.29) is 12.0 Å². The maximum Gasteiger partial charge on any atom is 0.251 e. The molecule has 4 heteroatoms. The SMILES string of the molecule is CC(Cc1ccccc1)Oc1ccc2c(c1)C(=O)NC[C@@H]1CN(Cc3ccccc3)C[C@@H]21. The second-order valence-corrected chi connectivity index (χ2v) is 9.12. The summed E-state index contributed by atoms with van der Waals surface area (Å²) in [6.07, 6.45) is 0.869. The van der Waals surface area contributed by atoms with Crippen LogP contribution in [0.5, 0.6) is 5.75 Å². The van der Waals surface area contributed by atoms with E-state index in [4.69, 9.17) is 4.74 Å². The Labute approximate surface area is 190 Å². The van der Waals surface area contributed by atoms with Crippen molar-refractivity contribution in [3.05, 3.63) is 101 Å². The molecule has 1 N–H and O–H groups in total. The molecule has 0 spiro atoms. The monoisotopic (exact) mass is 426 g/mol. The molecule has 1 amide bonds. The van der Waals surface area contributed by atoms with Crippen molar-refractivity contribution in [3.63, 3.8) is 0 Å². The molecule has 2 aliphatic heterocycles. The third kappa shape index (κ3) is 4.56. The first kappa shape index (κ1) is 20.8. The van der Waals surface area contributed by atoms with E-state index in [1.165, 1.54) is 11.1 Å². The summed E-state index contributed by atoms with van der Waals surface area (Å²) in [7, 11) is 0. The molecule has 3 aromatic carbocycles. The van der Waals surface area contributed by atoms with Gasteiger partial charge in [-0.05, 0) is 41.7 Å². The zero-order valence-electron chi connectivity index (χ0n) is 18.5. The highest BCUT2D eigenvalue weighted by atomic mass is 16.5. The number of ether oxygens (including phenoxy) is 1. The van der Waals surface area contributed by atoms with Gasteiger partial charge in [-0.2, -0.15) is 0 Å². The van der Waals surface area contributed by atoms with Crippen LogP contribution in [0.15, 0.2) is 78.9 Å². The van der Waals surface area contributed by atoms with Crippen molar-refractivity contribution in [1.29, 1.82) is 0 Å². The predicted molar refractivity (Wildman–Crippen MR) is 127 cm³/mol. The van der Waals surface area contributed by atoms with Crippen LogP contribution in [0.4, 0.5) is 0 Å². The summed E-state index contributed by atoms with van der Waals surface area (Å²) in [5.74, 6) is 1.58. The lowest BCUT2D eigenvalue weighted by molar-refractivity contribution is 0.0950. The van der Waals surface area contributed by atoms with Crippen molar-refractivity contribution < 1.29 is 9.53 Å². The third-order valence-electron chi connectivity index (χ3n) is 6.66. The molecule has 0 saturated carbocycles. The van der Waals surface area contributed by atoms with Gasteiger partial charge in [0.05, 0.1) is 6.10 Å². The summed E-state index contributed by atoms with van der Waals surface area (Å²) in [4.78, 5) is 15.4. The normalized spacial score (nSPS) is 21.2. The molecule has 164 valence electrons. The number of nitrogens with one attached hydrogen (secondary N) is 1. The Bertz CT molecular complexity index is 1070. The third-order valence-corrected chi connectivity index (χ3v) is 6.66. The number of likely N-dealkylation sites (tertiary alicyclic amines) is 1. The van der Waals surface area contributed by atoms with E-state index in [1.807, 2.05) is 30.3 Å². The van der Waals surface area contributed by atoms with Crippen LogP contribution in [0.25, 0.3) is 0 Å². The van der Waals surface area contributed by atoms with Crippen LogP contribution in [-0.2, 0) is 13.0 Å². The number of fused-ring (bicyclic) bond motifs is 3. The van der Waals surface area contributed by atoms with Crippen molar-refractivity contribution in [2.45, 2.75) is 31.9 Å². The molecular weight excluding hydrogens is 396 g/mol. The predicted octanol–water partition coefficient (Wildman–Crippen LogP) is 4.66. The summed E-state index contributed by atoms with van der Waals surface area (Å²) in [6.45, 7) is 5.74. The second-order valence-electron chi connectivity index (χ2n) is 9.12. The largest absolute Gasteiger partial charge is 0.490 e. The van der Waals surface area contributed by atoms with Crippen molar-refractivity contribution in [3.8, 4) is 5.75 Å². The molecule has 32 heavy (non-hydrogen) atoms. The summed E-state index contributed by atoms with van der Waals surface area (Å²) in [5, 5.41) is 3.16. The average Bonchev–Trinajstić information content (AvgIpc) is 3.15. The van der Waals surface area contributed by atoms with Gasteiger partial charge in [0.2, 0.25) is 0 Å². The minimum absolute atomic E-state index is 0.0187. The lowest BCUT2D eigenvalue weighted by atomic mass is 9.87. The fourth-order valence-corrected chi connectivity index (χ4v) is 5.16. The van der Waals surface area contributed by atoms with Crippen LogP contribution in [-0.4, -0.2) is 36.5 Å². The quantitative estimate of drug-likeness (QED) is 0.624. The zero-order valence-corrected chi connectivity index (χ0v) is 18.5. The Hall–Kier alpha value is -3.11. The Kier molecular flexibility index (Phi) is 5.95. The van der Waals surface area contributed by atoms with E-state index < -0.39 is 0 Å².